The van der Waals surface area contributed by atoms with Crippen LogP contribution in [0.3, 0.4) is 0 Å². The molecule has 0 bridgehead atoms. The zero-order chi connectivity index (χ0) is 13.8. The third-order valence-corrected chi connectivity index (χ3v) is 3.35. The van der Waals surface area contributed by atoms with E-state index in [1.54, 1.807) is 4.90 Å². The van der Waals surface area contributed by atoms with Crippen molar-refractivity contribution < 1.29 is 14.7 Å². The van der Waals surface area contributed by atoms with Crippen molar-refractivity contribution in [1.82, 2.24) is 10.2 Å². The monoisotopic (exact) mass is 262 g/mol. The van der Waals surface area contributed by atoms with E-state index >= 15 is 0 Å². The molecule has 1 aromatic rings. The van der Waals surface area contributed by atoms with Crippen molar-refractivity contribution >= 4 is 11.9 Å². The summed E-state index contributed by atoms with van der Waals surface area (Å²) in [4.78, 5) is 24.7. The first kappa shape index (κ1) is 13.5. The number of carboxylic acids is 1. The van der Waals surface area contributed by atoms with Gasteiger partial charge in [-0.3, -0.25) is 14.5 Å². The summed E-state index contributed by atoms with van der Waals surface area (Å²) in [6.45, 7) is 3.03. The molecule has 0 radical (unpaired) electrons. The first-order valence-electron chi connectivity index (χ1n) is 6.42. The van der Waals surface area contributed by atoms with Gasteiger partial charge in [0.1, 0.15) is 6.04 Å². The molecule has 5 heteroatoms. The molecule has 1 aliphatic heterocycles. The summed E-state index contributed by atoms with van der Waals surface area (Å²) in [7, 11) is 0. The number of rotatable bonds is 4. The van der Waals surface area contributed by atoms with Gasteiger partial charge in [0.2, 0.25) is 5.91 Å². The molecule has 1 aliphatic rings. The molecule has 2 rings (SSSR count). The number of hydrogen-bond donors (Lipinski definition) is 2. The van der Waals surface area contributed by atoms with E-state index in [0.29, 0.717) is 19.5 Å². The van der Waals surface area contributed by atoms with Crippen molar-refractivity contribution in [2.24, 2.45) is 0 Å². The third-order valence-electron chi connectivity index (χ3n) is 3.35. The number of fused-ring (bicyclic) bond motifs is 1. The predicted octanol–water partition coefficient (Wildman–Crippen LogP) is 0.634. The molecule has 0 aromatic heterocycles. The Labute approximate surface area is 112 Å². The van der Waals surface area contributed by atoms with Crippen molar-refractivity contribution in [2.75, 3.05) is 13.1 Å². The van der Waals surface area contributed by atoms with Crippen LogP contribution in [0.25, 0.3) is 0 Å². The average molecular weight is 262 g/mol. The number of amides is 1. The number of carbonyl (C=O) groups excluding carboxylic acids is 1. The smallest absolute Gasteiger partial charge is 0.321 e. The molecule has 1 heterocycles. The average Bonchev–Trinajstić information content (AvgIpc) is 2.38. The van der Waals surface area contributed by atoms with Gasteiger partial charge in [0.25, 0.3) is 0 Å². The fourth-order valence-electron chi connectivity index (χ4n) is 2.42. The normalized spacial score (nSPS) is 18.7. The summed E-state index contributed by atoms with van der Waals surface area (Å²) >= 11 is 0. The van der Waals surface area contributed by atoms with Gasteiger partial charge < -0.3 is 10.4 Å². The number of likely N-dealkylation sites (N-methyl/N-ethyl adjacent to an activating group) is 1. The Morgan fingerprint density at radius 2 is 2.05 bits per heavy atom. The van der Waals surface area contributed by atoms with Crippen LogP contribution in [0.2, 0.25) is 0 Å². The first-order valence-corrected chi connectivity index (χ1v) is 6.42. The molecule has 5 nitrogen and oxygen atoms in total. The summed E-state index contributed by atoms with van der Waals surface area (Å²) in [5.41, 5.74) is 2.16. The number of hydrogen-bond acceptors (Lipinski definition) is 3. The van der Waals surface area contributed by atoms with Crippen LogP contribution in [0.4, 0.5) is 0 Å². The Bertz CT molecular complexity index is 487. The number of nitrogens with one attached hydrogen (secondary N) is 1. The van der Waals surface area contributed by atoms with E-state index in [2.05, 4.69) is 5.32 Å². The second-order valence-electron chi connectivity index (χ2n) is 4.69. The van der Waals surface area contributed by atoms with Crippen LogP contribution < -0.4 is 5.32 Å². The van der Waals surface area contributed by atoms with E-state index in [1.165, 1.54) is 0 Å². The highest BCUT2D eigenvalue weighted by atomic mass is 16.4. The lowest BCUT2D eigenvalue weighted by Gasteiger charge is -2.33. The van der Waals surface area contributed by atoms with Gasteiger partial charge in [0.05, 0.1) is 6.54 Å². The number of carboxylic acid groups (broad SMARTS) is 1. The second-order valence-corrected chi connectivity index (χ2v) is 4.69. The highest BCUT2D eigenvalue weighted by Crippen LogP contribution is 2.23. The van der Waals surface area contributed by atoms with Crippen LogP contribution in [-0.4, -0.2) is 41.0 Å². The fraction of sp³-hybridized carbons (Fsp3) is 0.429. The second kappa shape index (κ2) is 5.84. The van der Waals surface area contributed by atoms with Gasteiger partial charge in [-0.2, -0.15) is 0 Å². The van der Waals surface area contributed by atoms with Crippen molar-refractivity contribution in [3.63, 3.8) is 0 Å². The first-order chi connectivity index (χ1) is 9.11. The molecule has 0 saturated heterocycles. The highest BCUT2D eigenvalue weighted by Gasteiger charge is 2.32. The Balaban J connectivity index is 2.17. The lowest BCUT2D eigenvalue weighted by Crippen LogP contribution is -2.49. The minimum Gasteiger partial charge on any atom is -0.480 e. The van der Waals surface area contributed by atoms with E-state index in [9.17, 15) is 14.7 Å². The minimum absolute atomic E-state index is 0.124. The molecule has 0 fully saturated rings. The number of benzene rings is 1. The molecule has 0 aliphatic carbocycles. The van der Waals surface area contributed by atoms with E-state index in [0.717, 1.165) is 11.1 Å². The molecular formula is C14H18N2O3. The number of aliphatic carboxylic acids is 1. The van der Waals surface area contributed by atoms with E-state index in [1.807, 2.05) is 31.2 Å². The summed E-state index contributed by atoms with van der Waals surface area (Å²) < 4.78 is 0. The fourth-order valence-corrected chi connectivity index (χ4v) is 2.42. The topological polar surface area (TPSA) is 69.6 Å². The van der Waals surface area contributed by atoms with E-state index in [4.69, 9.17) is 0 Å². The number of carbonyl (C=O) groups is 2. The van der Waals surface area contributed by atoms with Crippen molar-refractivity contribution in [3.05, 3.63) is 35.4 Å². The zero-order valence-electron chi connectivity index (χ0n) is 10.9. The van der Waals surface area contributed by atoms with E-state index in [-0.39, 0.29) is 12.5 Å². The maximum absolute atomic E-state index is 11.6. The molecule has 1 unspecified atom stereocenters. The molecule has 0 spiro atoms. The summed E-state index contributed by atoms with van der Waals surface area (Å²) in [5, 5.41) is 12.0. The van der Waals surface area contributed by atoms with Gasteiger partial charge in [-0.15, -0.1) is 0 Å². The Morgan fingerprint density at radius 1 is 1.37 bits per heavy atom. The summed E-state index contributed by atoms with van der Waals surface area (Å²) in [6.07, 6.45) is 0.449. The van der Waals surface area contributed by atoms with Gasteiger partial charge in [-0.1, -0.05) is 24.3 Å². The standard InChI is InChI=1S/C14H18N2O3/c1-2-15-13(17)9-16-8-11-6-4-3-5-10(11)7-12(16)14(18)19/h3-6,12H,2,7-9H2,1H3,(H,15,17)(H,18,19). The molecule has 0 saturated carbocycles. The molecule has 1 atom stereocenters. The lowest BCUT2D eigenvalue weighted by atomic mass is 9.94. The third kappa shape index (κ3) is 3.12. The van der Waals surface area contributed by atoms with Crippen molar-refractivity contribution in [1.29, 1.82) is 0 Å². The predicted molar refractivity (Wildman–Crippen MR) is 70.7 cm³/mol. The van der Waals surface area contributed by atoms with Gasteiger partial charge in [0.15, 0.2) is 0 Å². The maximum Gasteiger partial charge on any atom is 0.321 e. The molecule has 19 heavy (non-hydrogen) atoms. The summed E-state index contributed by atoms with van der Waals surface area (Å²) in [5.74, 6) is -1.01. The Hall–Kier alpha value is -1.88. The Morgan fingerprint density at radius 3 is 2.68 bits per heavy atom. The molecule has 102 valence electrons. The van der Waals surface area contributed by atoms with Crippen molar-refractivity contribution in [2.45, 2.75) is 25.9 Å². The van der Waals surface area contributed by atoms with Crippen LogP contribution in [0, 0.1) is 0 Å². The van der Waals surface area contributed by atoms with Crippen LogP contribution in [0.5, 0.6) is 0 Å². The van der Waals surface area contributed by atoms with Gasteiger partial charge in [-0.05, 0) is 24.5 Å². The van der Waals surface area contributed by atoms with Crippen LogP contribution in [0.1, 0.15) is 18.1 Å². The lowest BCUT2D eigenvalue weighted by molar-refractivity contribution is -0.144. The number of nitrogens with zero attached hydrogens (tertiary/aromatic N) is 1. The molecule has 1 aromatic carbocycles. The van der Waals surface area contributed by atoms with Gasteiger partial charge >= 0.3 is 5.97 Å². The van der Waals surface area contributed by atoms with Crippen LogP contribution in [-0.2, 0) is 22.6 Å². The molecule has 2 N–H and O–H groups in total. The largest absolute Gasteiger partial charge is 0.480 e. The zero-order valence-corrected chi connectivity index (χ0v) is 10.9. The van der Waals surface area contributed by atoms with Crippen LogP contribution >= 0.6 is 0 Å². The van der Waals surface area contributed by atoms with Crippen LogP contribution in [0.15, 0.2) is 24.3 Å². The summed E-state index contributed by atoms with van der Waals surface area (Å²) in [6, 6.07) is 7.16. The molecule has 1 amide bonds. The Kier molecular flexibility index (Phi) is 4.16. The van der Waals surface area contributed by atoms with Gasteiger partial charge in [0, 0.05) is 13.1 Å². The molecular weight excluding hydrogens is 244 g/mol. The highest BCUT2D eigenvalue weighted by molar-refractivity contribution is 5.80. The van der Waals surface area contributed by atoms with Gasteiger partial charge in [-0.25, -0.2) is 0 Å². The maximum atomic E-state index is 11.6. The minimum atomic E-state index is -0.876. The van der Waals surface area contributed by atoms with E-state index < -0.39 is 12.0 Å². The van der Waals surface area contributed by atoms with Crippen molar-refractivity contribution in [3.8, 4) is 0 Å². The quantitative estimate of drug-likeness (QED) is 0.835. The SMILES string of the molecule is CCNC(=O)CN1Cc2ccccc2CC1C(=O)O.